The second-order valence-corrected chi connectivity index (χ2v) is 11.2. The van der Waals surface area contributed by atoms with Crippen molar-refractivity contribution in [2.45, 2.75) is 43.9 Å². The number of likely N-dealkylation sites (tertiary alicyclic amines) is 1. The molecule has 6 rings (SSSR count). The van der Waals surface area contributed by atoms with Crippen molar-refractivity contribution >= 4 is 23.1 Å². The molecule has 2 fully saturated rings. The summed E-state index contributed by atoms with van der Waals surface area (Å²) in [4.78, 5) is 23.6. The van der Waals surface area contributed by atoms with Crippen LogP contribution in [0, 0.1) is 6.92 Å². The van der Waals surface area contributed by atoms with Crippen LogP contribution in [0.5, 0.6) is 0 Å². The van der Waals surface area contributed by atoms with Crippen LogP contribution in [-0.2, 0) is 9.63 Å². The second kappa shape index (κ2) is 10.6. The van der Waals surface area contributed by atoms with Crippen LogP contribution in [0.15, 0.2) is 109 Å². The predicted molar refractivity (Wildman–Crippen MR) is 157 cm³/mol. The zero-order chi connectivity index (χ0) is 27.0. The molecule has 0 radical (unpaired) electrons. The highest BCUT2D eigenvalue weighted by Gasteiger charge is 2.61. The molecule has 0 N–H and O–H groups in total. The van der Waals surface area contributed by atoms with Crippen molar-refractivity contribution in [2.75, 3.05) is 18.2 Å². The molecule has 2 aliphatic heterocycles. The van der Waals surface area contributed by atoms with Crippen LogP contribution < -0.4 is 5.06 Å². The second-order valence-electron chi connectivity index (χ2n) is 10.8. The molecule has 2 unspecified atom stereocenters. The number of anilines is 1. The van der Waals surface area contributed by atoms with Gasteiger partial charge in [-0.25, -0.2) is 5.06 Å². The minimum Gasteiger partial charge on any atom is -0.296 e. The Hall–Kier alpha value is -3.44. The Morgan fingerprint density at radius 1 is 0.846 bits per heavy atom. The molecular weight excluding hydrogens is 504 g/mol. The maximum absolute atomic E-state index is 14.2. The molecule has 0 aliphatic carbocycles. The molecule has 1 spiro atoms. The summed E-state index contributed by atoms with van der Waals surface area (Å²) in [5.74, 6) is -0.0922. The Morgan fingerprint density at radius 2 is 1.46 bits per heavy atom. The summed E-state index contributed by atoms with van der Waals surface area (Å²) in [6.45, 7) is 5.52. The first-order valence-electron chi connectivity index (χ1n) is 13.6. The molecule has 4 aromatic rings. The normalized spacial score (nSPS) is 24.3. The number of halogens is 1. The first kappa shape index (κ1) is 25.8. The SMILES string of the molecule is Cc1ccc([C@H]2[C@H](c3ccc(Cl)cc3)C3(CN(C(C)c4ccccc4)CCC3=O)ON2c2ccccc2)cc1. The summed E-state index contributed by atoms with van der Waals surface area (Å²) in [7, 11) is 0. The number of para-hydroxylation sites is 1. The summed E-state index contributed by atoms with van der Waals surface area (Å²) in [6, 6.07) is 37.1. The van der Waals surface area contributed by atoms with Gasteiger partial charge in [0.15, 0.2) is 11.4 Å². The number of piperidine rings is 1. The largest absolute Gasteiger partial charge is 0.296 e. The lowest BCUT2D eigenvalue weighted by Crippen LogP contribution is -2.58. The van der Waals surface area contributed by atoms with Crippen molar-refractivity contribution in [3.63, 3.8) is 0 Å². The lowest BCUT2D eigenvalue weighted by molar-refractivity contribution is -0.151. The Kier molecular flexibility index (Phi) is 7.03. The number of hydrogen-bond donors (Lipinski definition) is 0. The van der Waals surface area contributed by atoms with Crippen LogP contribution in [0.2, 0.25) is 5.02 Å². The molecule has 4 aromatic carbocycles. The Morgan fingerprint density at radius 3 is 2.13 bits per heavy atom. The van der Waals surface area contributed by atoms with E-state index in [1.807, 2.05) is 41.5 Å². The number of aryl methyl sites for hydroxylation is 1. The zero-order valence-electron chi connectivity index (χ0n) is 22.3. The van der Waals surface area contributed by atoms with Gasteiger partial charge in [-0.15, -0.1) is 0 Å². The van der Waals surface area contributed by atoms with Crippen molar-refractivity contribution in [3.8, 4) is 0 Å². The maximum Gasteiger partial charge on any atom is 0.176 e. The standard InChI is InChI=1S/C34H33ClN2O2/c1-24-13-15-28(16-14-24)33-32(27-17-19-29(35)20-18-27)34(39-37(33)30-11-7-4-8-12-30)23-36(22-21-31(34)38)25(2)26-9-5-3-6-10-26/h3-20,25,32-33H,21-23H2,1-2H3/t25?,32-,33-,34?/m0/s1. The average molecular weight is 537 g/mol. The molecule has 198 valence electrons. The van der Waals surface area contributed by atoms with Gasteiger partial charge >= 0.3 is 0 Å². The highest BCUT2D eigenvalue weighted by molar-refractivity contribution is 6.30. The minimum atomic E-state index is -1.06. The lowest BCUT2D eigenvalue weighted by Gasteiger charge is -2.43. The average Bonchev–Trinajstić information content (AvgIpc) is 3.31. The number of hydrogen-bond acceptors (Lipinski definition) is 4. The molecule has 2 aliphatic rings. The fourth-order valence-corrected chi connectivity index (χ4v) is 6.36. The van der Waals surface area contributed by atoms with E-state index in [9.17, 15) is 4.79 Å². The van der Waals surface area contributed by atoms with Gasteiger partial charge in [0, 0.05) is 30.6 Å². The van der Waals surface area contributed by atoms with Crippen molar-refractivity contribution in [3.05, 3.63) is 136 Å². The van der Waals surface area contributed by atoms with Crippen LogP contribution in [-0.4, -0.2) is 29.4 Å². The molecule has 0 amide bonds. The van der Waals surface area contributed by atoms with Crippen LogP contribution in [0.1, 0.15) is 53.6 Å². The number of benzene rings is 4. The van der Waals surface area contributed by atoms with Gasteiger partial charge in [0.25, 0.3) is 0 Å². The highest BCUT2D eigenvalue weighted by atomic mass is 35.5. The number of carbonyl (C=O) groups is 1. The van der Waals surface area contributed by atoms with Gasteiger partial charge in [0.05, 0.1) is 17.6 Å². The van der Waals surface area contributed by atoms with Crippen LogP contribution >= 0.6 is 11.6 Å². The first-order chi connectivity index (χ1) is 19.0. The van der Waals surface area contributed by atoms with Gasteiger partial charge < -0.3 is 0 Å². The summed E-state index contributed by atoms with van der Waals surface area (Å²) < 4.78 is 0. The fourth-order valence-electron chi connectivity index (χ4n) is 6.23. The molecule has 39 heavy (non-hydrogen) atoms. The fraction of sp³-hybridized carbons (Fsp3) is 0.265. The summed E-state index contributed by atoms with van der Waals surface area (Å²) in [6.07, 6.45) is 0.435. The van der Waals surface area contributed by atoms with Gasteiger partial charge in [-0.3, -0.25) is 14.5 Å². The van der Waals surface area contributed by atoms with Crippen molar-refractivity contribution in [2.24, 2.45) is 0 Å². The van der Waals surface area contributed by atoms with E-state index in [4.69, 9.17) is 16.4 Å². The van der Waals surface area contributed by atoms with E-state index in [1.165, 1.54) is 11.1 Å². The first-order valence-corrected chi connectivity index (χ1v) is 14.0. The summed E-state index contributed by atoms with van der Waals surface area (Å²) in [5, 5.41) is 2.66. The summed E-state index contributed by atoms with van der Waals surface area (Å²) >= 11 is 6.34. The van der Waals surface area contributed by atoms with E-state index in [0.717, 1.165) is 16.8 Å². The maximum atomic E-state index is 14.2. The quantitative estimate of drug-likeness (QED) is 0.261. The van der Waals surface area contributed by atoms with E-state index in [-0.39, 0.29) is 23.8 Å². The molecule has 0 saturated carbocycles. The smallest absolute Gasteiger partial charge is 0.176 e. The van der Waals surface area contributed by atoms with E-state index in [2.05, 4.69) is 91.5 Å². The van der Waals surface area contributed by atoms with E-state index in [1.54, 1.807) is 0 Å². The van der Waals surface area contributed by atoms with Crippen molar-refractivity contribution in [1.29, 1.82) is 0 Å². The number of rotatable bonds is 5. The van der Waals surface area contributed by atoms with E-state index < -0.39 is 5.60 Å². The Bertz CT molecular complexity index is 1430. The van der Waals surface area contributed by atoms with Crippen LogP contribution in [0.4, 0.5) is 5.69 Å². The number of carbonyl (C=O) groups excluding carboxylic acids is 1. The molecule has 0 bridgehead atoms. The third-order valence-electron chi connectivity index (χ3n) is 8.36. The lowest BCUT2D eigenvalue weighted by atomic mass is 9.71. The summed E-state index contributed by atoms with van der Waals surface area (Å²) in [5.41, 5.74) is 4.46. The van der Waals surface area contributed by atoms with Crippen molar-refractivity contribution < 1.29 is 9.63 Å². The predicted octanol–water partition coefficient (Wildman–Crippen LogP) is 7.70. The third kappa shape index (κ3) is 4.78. The monoisotopic (exact) mass is 536 g/mol. The van der Waals surface area contributed by atoms with E-state index in [0.29, 0.717) is 24.5 Å². The van der Waals surface area contributed by atoms with Crippen molar-refractivity contribution in [1.82, 2.24) is 4.90 Å². The van der Waals surface area contributed by atoms with Crippen LogP contribution in [0.25, 0.3) is 0 Å². The molecule has 4 atom stereocenters. The van der Waals surface area contributed by atoms with Gasteiger partial charge in [0.1, 0.15) is 0 Å². The topological polar surface area (TPSA) is 32.8 Å². The number of hydroxylamine groups is 1. The molecule has 2 saturated heterocycles. The van der Waals surface area contributed by atoms with E-state index >= 15 is 0 Å². The molecular formula is C34H33ClN2O2. The molecule has 4 nitrogen and oxygen atoms in total. The molecule has 2 heterocycles. The van der Waals surface area contributed by atoms with Gasteiger partial charge in [0.2, 0.25) is 0 Å². The number of ketones is 1. The van der Waals surface area contributed by atoms with Gasteiger partial charge in [-0.2, -0.15) is 0 Å². The number of nitrogens with zero attached hydrogens (tertiary/aromatic N) is 2. The Labute approximate surface area is 235 Å². The van der Waals surface area contributed by atoms with Gasteiger partial charge in [-0.1, -0.05) is 102 Å². The minimum absolute atomic E-state index is 0.147. The molecule has 5 heteroatoms. The Balaban J connectivity index is 1.51. The molecule has 0 aromatic heterocycles. The third-order valence-corrected chi connectivity index (χ3v) is 8.61. The zero-order valence-corrected chi connectivity index (χ0v) is 23.1. The number of Topliss-reactive ketones (excluding diaryl/α,β-unsaturated/α-hetero) is 1. The highest BCUT2D eigenvalue weighted by Crippen LogP contribution is 2.55. The van der Waals surface area contributed by atoms with Gasteiger partial charge in [-0.05, 0) is 54.8 Å². The van der Waals surface area contributed by atoms with Crippen LogP contribution in [0.3, 0.4) is 0 Å².